The molecule has 1 aliphatic heterocycles. The van der Waals surface area contributed by atoms with E-state index in [1.54, 1.807) is 23.1 Å². The maximum atomic E-state index is 13.4. The SMILES string of the molecule is CC(=O)N1CC[C@H](Oc2ccc3c(=O)n(C)nc(N[C@H](C)c4cc([N+](=O)[O-])cc(C(F)(F)F)c4)c3c2)C1. The van der Waals surface area contributed by atoms with Gasteiger partial charge in [-0.05, 0) is 36.8 Å². The molecule has 37 heavy (non-hydrogen) atoms. The summed E-state index contributed by atoms with van der Waals surface area (Å²) in [6.45, 7) is 4.02. The van der Waals surface area contributed by atoms with Gasteiger partial charge in [-0.2, -0.15) is 18.3 Å². The van der Waals surface area contributed by atoms with Gasteiger partial charge in [-0.3, -0.25) is 19.7 Å². The summed E-state index contributed by atoms with van der Waals surface area (Å²) in [5.41, 5.74) is -2.20. The van der Waals surface area contributed by atoms with Gasteiger partial charge in [0.2, 0.25) is 5.91 Å². The normalized spacial score (nSPS) is 16.6. The molecule has 0 bridgehead atoms. The predicted molar refractivity (Wildman–Crippen MR) is 128 cm³/mol. The minimum Gasteiger partial charge on any atom is -0.488 e. The zero-order valence-corrected chi connectivity index (χ0v) is 20.2. The van der Waals surface area contributed by atoms with E-state index >= 15 is 0 Å². The summed E-state index contributed by atoms with van der Waals surface area (Å²) < 4.78 is 47.2. The number of hydrogen-bond acceptors (Lipinski definition) is 7. The number of nitro groups is 1. The zero-order valence-electron chi connectivity index (χ0n) is 20.2. The molecule has 2 heterocycles. The number of rotatable bonds is 6. The molecule has 0 saturated carbocycles. The topological polar surface area (TPSA) is 120 Å². The number of nitrogens with zero attached hydrogens (tertiary/aromatic N) is 4. The first kappa shape index (κ1) is 25.9. The van der Waals surface area contributed by atoms with Gasteiger partial charge in [-0.25, -0.2) is 4.68 Å². The summed E-state index contributed by atoms with van der Waals surface area (Å²) in [7, 11) is 1.44. The van der Waals surface area contributed by atoms with Gasteiger partial charge in [0.25, 0.3) is 11.2 Å². The van der Waals surface area contributed by atoms with Crippen LogP contribution in [0.15, 0.2) is 41.2 Å². The number of amides is 1. The molecular formula is C24H24F3N5O5. The van der Waals surface area contributed by atoms with Crippen molar-refractivity contribution in [3.8, 4) is 5.75 Å². The molecule has 196 valence electrons. The lowest BCUT2D eigenvalue weighted by atomic mass is 10.0. The maximum Gasteiger partial charge on any atom is 0.416 e. The monoisotopic (exact) mass is 519 g/mol. The van der Waals surface area contributed by atoms with E-state index in [9.17, 15) is 32.9 Å². The molecule has 1 fully saturated rings. The third-order valence-electron chi connectivity index (χ3n) is 6.25. The van der Waals surface area contributed by atoms with Crippen LogP contribution in [0.2, 0.25) is 0 Å². The molecule has 2 atom stereocenters. The minimum absolute atomic E-state index is 0.0213. The lowest BCUT2D eigenvalue weighted by molar-refractivity contribution is -0.385. The average Bonchev–Trinajstić information content (AvgIpc) is 3.30. The summed E-state index contributed by atoms with van der Waals surface area (Å²) in [6, 6.07) is 6.34. The molecular weight excluding hydrogens is 495 g/mol. The van der Waals surface area contributed by atoms with Crippen LogP contribution in [-0.2, 0) is 18.0 Å². The number of benzene rings is 2. The zero-order chi connectivity index (χ0) is 27.1. The summed E-state index contributed by atoms with van der Waals surface area (Å²) in [5, 5.41) is 19.1. The van der Waals surface area contributed by atoms with Gasteiger partial charge >= 0.3 is 6.18 Å². The number of hydrogen-bond donors (Lipinski definition) is 1. The molecule has 0 aliphatic carbocycles. The van der Waals surface area contributed by atoms with Gasteiger partial charge in [0, 0.05) is 44.5 Å². The van der Waals surface area contributed by atoms with Gasteiger partial charge in [-0.15, -0.1) is 0 Å². The fourth-order valence-electron chi connectivity index (χ4n) is 4.25. The Labute approximate surface area is 208 Å². The number of likely N-dealkylation sites (tertiary alicyclic amines) is 1. The lowest BCUT2D eigenvalue weighted by Gasteiger charge is -2.19. The third kappa shape index (κ3) is 5.49. The van der Waals surface area contributed by atoms with Crippen molar-refractivity contribution < 1.29 is 27.6 Å². The number of fused-ring (bicyclic) bond motifs is 1. The van der Waals surface area contributed by atoms with E-state index in [0.717, 1.165) is 16.8 Å². The predicted octanol–water partition coefficient (Wildman–Crippen LogP) is 4.03. The molecule has 1 aliphatic rings. The molecule has 1 N–H and O–H groups in total. The summed E-state index contributed by atoms with van der Waals surface area (Å²) in [6.07, 6.45) is -4.36. The van der Waals surface area contributed by atoms with Crippen LogP contribution in [0.25, 0.3) is 10.8 Å². The molecule has 4 rings (SSSR count). The molecule has 0 unspecified atom stereocenters. The Bertz CT molecular complexity index is 1440. The van der Waals surface area contributed by atoms with Crippen LogP contribution in [0.1, 0.15) is 37.4 Å². The van der Waals surface area contributed by atoms with Crippen LogP contribution in [0.5, 0.6) is 5.75 Å². The van der Waals surface area contributed by atoms with Crippen LogP contribution < -0.4 is 15.6 Å². The van der Waals surface area contributed by atoms with Crippen molar-refractivity contribution in [2.24, 2.45) is 7.05 Å². The highest BCUT2D eigenvalue weighted by atomic mass is 19.4. The van der Waals surface area contributed by atoms with E-state index in [4.69, 9.17) is 4.74 Å². The number of non-ortho nitro benzene ring substituents is 1. The first-order valence-corrected chi connectivity index (χ1v) is 11.4. The van der Waals surface area contributed by atoms with Crippen molar-refractivity contribution in [3.05, 3.63) is 68.0 Å². The smallest absolute Gasteiger partial charge is 0.416 e. The lowest BCUT2D eigenvalue weighted by Crippen LogP contribution is -2.28. The van der Waals surface area contributed by atoms with Crippen molar-refractivity contribution >= 4 is 28.2 Å². The fraction of sp³-hybridized carbons (Fsp3) is 0.375. The van der Waals surface area contributed by atoms with Gasteiger partial charge in [0.1, 0.15) is 11.9 Å². The number of carbonyl (C=O) groups is 1. The number of halogens is 3. The number of anilines is 1. The Kier molecular flexibility index (Phi) is 6.80. The number of nitro benzene ring substituents is 1. The fourth-order valence-corrected chi connectivity index (χ4v) is 4.25. The summed E-state index contributed by atoms with van der Waals surface area (Å²) in [4.78, 5) is 36.3. The minimum atomic E-state index is -4.77. The Morgan fingerprint density at radius 1 is 1.24 bits per heavy atom. The number of aromatic nitrogens is 2. The Morgan fingerprint density at radius 3 is 2.59 bits per heavy atom. The summed E-state index contributed by atoms with van der Waals surface area (Å²) in [5.74, 6) is 0.572. The number of nitrogens with one attached hydrogen (secondary N) is 1. The van der Waals surface area contributed by atoms with Crippen LogP contribution in [0.4, 0.5) is 24.7 Å². The van der Waals surface area contributed by atoms with Crippen LogP contribution in [0, 0.1) is 10.1 Å². The number of aryl methyl sites for hydroxylation is 1. The third-order valence-corrected chi connectivity index (χ3v) is 6.25. The second-order valence-electron chi connectivity index (χ2n) is 8.91. The van der Waals surface area contributed by atoms with Gasteiger partial charge in [0.15, 0.2) is 5.82 Å². The maximum absolute atomic E-state index is 13.4. The van der Waals surface area contributed by atoms with Gasteiger partial charge in [-0.1, -0.05) is 0 Å². The van der Waals surface area contributed by atoms with Crippen LogP contribution >= 0.6 is 0 Å². The molecule has 1 amide bonds. The molecule has 10 nitrogen and oxygen atoms in total. The Morgan fingerprint density at radius 2 is 1.97 bits per heavy atom. The molecule has 1 saturated heterocycles. The second-order valence-corrected chi connectivity index (χ2v) is 8.91. The molecule has 2 aromatic carbocycles. The van der Waals surface area contributed by atoms with E-state index < -0.39 is 34.0 Å². The van der Waals surface area contributed by atoms with E-state index in [-0.39, 0.29) is 23.4 Å². The van der Waals surface area contributed by atoms with Crippen molar-refractivity contribution in [1.82, 2.24) is 14.7 Å². The van der Waals surface area contributed by atoms with Crippen LogP contribution in [0.3, 0.4) is 0 Å². The highest BCUT2D eigenvalue weighted by Gasteiger charge is 2.33. The van der Waals surface area contributed by atoms with Gasteiger partial charge in [0.05, 0.1) is 28.5 Å². The number of ether oxygens (including phenoxy) is 1. The quantitative estimate of drug-likeness (QED) is 0.386. The second kappa shape index (κ2) is 9.71. The Hall–Kier alpha value is -4.16. The highest BCUT2D eigenvalue weighted by Crippen LogP contribution is 2.35. The number of alkyl halides is 3. The van der Waals surface area contributed by atoms with E-state index in [1.807, 2.05) is 0 Å². The highest BCUT2D eigenvalue weighted by molar-refractivity contribution is 5.92. The van der Waals surface area contributed by atoms with Crippen molar-refractivity contribution in [2.45, 2.75) is 38.6 Å². The molecule has 3 aromatic rings. The average molecular weight is 519 g/mol. The molecule has 1 aromatic heterocycles. The largest absolute Gasteiger partial charge is 0.488 e. The van der Waals surface area contributed by atoms with E-state index in [0.29, 0.717) is 42.1 Å². The first-order chi connectivity index (χ1) is 17.3. The van der Waals surface area contributed by atoms with Crippen molar-refractivity contribution in [2.75, 3.05) is 18.4 Å². The first-order valence-electron chi connectivity index (χ1n) is 11.4. The Balaban J connectivity index is 1.69. The number of carbonyl (C=O) groups excluding carboxylic acids is 1. The van der Waals surface area contributed by atoms with E-state index in [2.05, 4.69) is 10.4 Å². The van der Waals surface area contributed by atoms with Gasteiger partial charge < -0.3 is 15.0 Å². The standard InChI is InChI=1S/C24H24F3N5O5/c1-13(15-8-16(24(25,26)27)10-17(9-15)32(35)36)28-22-21-11-18(4-5-20(21)23(34)30(3)29-22)37-19-6-7-31(12-19)14(2)33/h4-5,8-11,13,19H,6-7,12H2,1-3H3,(H,28,29)/t13-,19+/m1/s1. The van der Waals surface area contributed by atoms with Crippen LogP contribution in [-0.4, -0.2) is 44.7 Å². The molecule has 13 heteroatoms. The van der Waals surface area contributed by atoms with E-state index in [1.165, 1.54) is 20.9 Å². The molecule has 0 spiro atoms. The summed E-state index contributed by atoms with van der Waals surface area (Å²) >= 11 is 0. The molecule has 0 radical (unpaired) electrons. The van der Waals surface area contributed by atoms with Crippen molar-refractivity contribution in [1.29, 1.82) is 0 Å². The van der Waals surface area contributed by atoms with Crippen molar-refractivity contribution in [3.63, 3.8) is 0 Å².